The van der Waals surface area contributed by atoms with Crippen molar-refractivity contribution in [2.75, 3.05) is 0 Å². The molecular formula is C16H12Br2N2O2. The molecular weight excluding hydrogens is 412 g/mol. The van der Waals surface area contributed by atoms with Crippen LogP contribution in [0.2, 0.25) is 0 Å². The van der Waals surface area contributed by atoms with Crippen LogP contribution in [0.4, 0.5) is 0 Å². The second-order valence-corrected chi connectivity index (χ2v) is 6.13. The van der Waals surface area contributed by atoms with E-state index in [-0.39, 0.29) is 11.3 Å². The zero-order valence-electron chi connectivity index (χ0n) is 11.3. The van der Waals surface area contributed by atoms with Gasteiger partial charge in [-0.25, -0.2) is 5.43 Å². The minimum atomic E-state index is -0.491. The van der Waals surface area contributed by atoms with Gasteiger partial charge in [0.05, 0.1) is 11.8 Å². The molecule has 0 aliphatic rings. The molecule has 4 nitrogen and oxygen atoms in total. The highest BCUT2D eigenvalue weighted by Crippen LogP contribution is 2.21. The van der Waals surface area contributed by atoms with Crippen molar-refractivity contribution < 1.29 is 9.90 Å². The molecule has 0 unspecified atom stereocenters. The number of phenols is 1. The quantitative estimate of drug-likeness (QED) is 0.568. The van der Waals surface area contributed by atoms with Crippen molar-refractivity contribution in [1.29, 1.82) is 0 Å². The number of nitrogens with zero attached hydrogens (tertiary/aromatic N) is 1. The molecule has 0 fully saturated rings. The predicted molar refractivity (Wildman–Crippen MR) is 95.1 cm³/mol. The van der Waals surface area contributed by atoms with Crippen molar-refractivity contribution in [2.24, 2.45) is 5.10 Å². The van der Waals surface area contributed by atoms with E-state index in [1.807, 2.05) is 36.4 Å². The molecule has 0 aromatic heterocycles. The van der Waals surface area contributed by atoms with Crippen molar-refractivity contribution in [3.63, 3.8) is 0 Å². The number of hydrogen-bond donors (Lipinski definition) is 2. The van der Waals surface area contributed by atoms with E-state index >= 15 is 0 Å². The summed E-state index contributed by atoms with van der Waals surface area (Å²) < 4.78 is 1.40. The maximum atomic E-state index is 11.9. The van der Waals surface area contributed by atoms with Gasteiger partial charge in [-0.05, 0) is 45.8 Å². The van der Waals surface area contributed by atoms with Crippen LogP contribution in [0.15, 0.2) is 62.6 Å². The maximum absolute atomic E-state index is 11.9. The number of allylic oxidation sites excluding steroid dienone is 1. The van der Waals surface area contributed by atoms with Crippen LogP contribution in [0.25, 0.3) is 6.08 Å². The van der Waals surface area contributed by atoms with Gasteiger partial charge in [0, 0.05) is 8.96 Å². The third-order valence-corrected chi connectivity index (χ3v) is 3.59. The first-order chi connectivity index (χ1) is 10.6. The van der Waals surface area contributed by atoms with Gasteiger partial charge in [0.15, 0.2) is 0 Å². The fraction of sp³-hybridized carbons (Fsp3) is 0. The van der Waals surface area contributed by atoms with Gasteiger partial charge in [-0.2, -0.15) is 5.10 Å². The van der Waals surface area contributed by atoms with Crippen LogP contribution in [0.5, 0.6) is 5.75 Å². The van der Waals surface area contributed by atoms with Crippen molar-refractivity contribution in [1.82, 2.24) is 5.43 Å². The van der Waals surface area contributed by atoms with Crippen LogP contribution in [0.1, 0.15) is 15.9 Å². The van der Waals surface area contributed by atoms with Gasteiger partial charge < -0.3 is 5.11 Å². The Balaban J connectivity index is 2.01. The molecule has 0 bridgehead atoms. The van der Waals surface area contributed by atoms with E-state index in [4.69, 9.17) is 0 Å². The summed E-state index contributed by atoms with van der Waals surface area (Å²) in [6, 6.07) is 14.3. The van der Waals surface area contributed by atoms with Crippen molar-refractivity contribution in [2.45, 2.75) is 0 Å². The second-order valence-electron chi connectivity index (χ2n) is 4.30. The van der Waals surface area contributed by atoms with Gasteiger partial charge in [-0.3, -0.25) is 4.79 Å². The molecule has 0 saturated heterocycles. The number of halogens is 2. The average molecular weight is 424 g/mol. The number of amides is 1. The molecule has 2 N–H and O–H groups in total. The van der Waals surface area contributed by atoms with Crippen LogP contribution in [-0.4, -0.2) is 17.2 Å². The normalized spacial score (nSPS) is 11.6. The number of carbonyl (C=O) groups excluding carboxylic acids is 1. The third-order valence-electron chi connectivity index (χ3n) is 2.66. The summed E-state index contributed by atoms with van der Waals surface area (Å²) >= 11 is 6.60. The lowest BCUT2D eigenvalue weighted by Gasteiger charge is -2.03. The summed E-state index contributed by atoms with van der Waals surface area (Å²) in [5.41, 5.74) is 3.52. The number of benzene rings is 2. The Morgan fingerprint density at radius 1 is 1.18 bits per heavy atom. The Hall–Kier alpha value is -1.92. The number of aromatic hydroxyl groups is 1. The molecule has 1 amide bonds. The summed E-state index contributed by atoms with van der Waals surface area (Å²) in [6.45, 7) is 0. The summed E-state index contributed by atoms with van der Waals surface area (Å²) in [4.78, 5) is 11.9. The first-order valence-electron chi connectivity index (χ1n) is 6.30. The minimum absolute atomic E-state index is 0.102. The molecule has 112 valence electrons. The molecule has 2 aromatic carbocycles. The smallest absolute Gasteiger partial charge is 0.275 e. The zero-order valence-corrected chi connectivity index (χ0v) is 14.5. The highest BCUT2D eigenvalue weighted by atomic mass is 79.9. The Bertz CT molecular complexity index is 728. The Morgan fingerprint density at radius 2 is 1.91 bits per heavy atom. The van der Waals surface area contributed by atoms with E-state index < -0.39 is 5.91 Å². The van der Waals surface area contributed by atoms with Gasteiger partial charge in [0.2, 0.25) is 0 Å². The van der Waals surface area contributed by atoms with Crippen LogP contribution in [0.3, 0.4) is 0 Å². The average Bonchev–Trinajstić information content (AvgIpc) is 2.50. The number of rotatable bonds is 4. The number of carbonyl (C=O) groups is 1. The topological polar surface area (TPSA) is 61.7 Å². The number of phenolic OH excluding ortho intramolecular Hbond substituents is 1. The highest BCUT2D eigenvalue weighted by molar-refractivity contribution is 9.12. The molecule has 0 atom stereocenters. The van der Waals surface area contributed by atoms with E-state index in [9.17, 15) is 9.90 Å². The van der Waals surface area contributed by atoms with E-state index in [2.05, 4.69) is 42.4 Å². The molecule has 2 aromatic rings. The lowest BCUT2D eigenvalue weighted by atomic mass is 10.2. The van der Waals surface area contributed by atoms with E-state index in [1.165, 1.54) is 18.3 Å². The fourth-order valence-electron chi connectivity index (χ4n) is 1.65. The molecule has 22 heavy (non-hydrogen) atoms. The van der Waals surface area contributed by atoms with Gasteiger partial charge in [0.1, 0.15) is 5.75 Å². The predicted octanol–water partition coefficient (Wildman–Crippen LogP) is 4.31. The van der Waals surface area contributed by atoms with E-state index in [0.29, 0.717) is 8.96 Å². The molecule has 0 radical (unpaired) electrons. The van der Waals surface area contributed by atoms with Gasteiger partial charge in [0.25, 0.3) is 5.91 Å². The molecule has 0 aliphatic carbocycles. The second kappa shape index (κ2) is 7.91. The Labute approximate surface area is 144 Å². The molecule has 0 heterocycles. The number of hydrogen-bond acceptors (Lipinski definition) is 3. The van der Waals surface area contributed by atoms with Gasteiger partial charge in [-0.15, -0.1) is 0 Å². The molecule has 6 heteroatoms. The SMILES string of the molecule is O=C(N/N=C/C(Br)=Cc1ccccc1)c1cc(Br)ccc1O. The Morgan fingerprint density at radius 3 is 2.64 bits per heavy atom. The van der Waals surface area contributed by atoms with Crippen molar-refractivity contribution in [3.05, 3.63) is 68.6 Å². The van der Waals surface area contributed by atoms with Crippen LogP contribution >= 0.6 is 31.9 Å². The van der Waals surface area contributed by atoms with Crippen molar-refractivity contribution >= 4 is 50.1 Å². The standard InChI is InChI=1S/C16H12Br2N2O2/c17-12-6-7-15(21)14(9-12)16(22)20-19-10-13(18)8-11-4-2-1-3-5-11/h1-10,21H,(H,20,22)/b13-8?,19-10+. The lowest BCUT2D eigenvalue weighted by molar-refractivity contribution is 0.0952. The Kier molecular flexibility index (Phi) is 5.91. The summed E-state index contributed by atoms with van der Waals surface area (Å²) in [6.07, 6.45) is 3.34. The monoisotopic (exact) mass is 422 g/mol. The van der Waals surface area contributed by atoms with Crippen molar-refractivity contribution in [3.8, 4) is 5.75 Å². The molecule has 0 spiro atoms. The molecule has 2 rings (SSSR count). The fourth-order valence-corrected chi connectivity index (χ4v) is 2.38. The first kappa shape index (κ1) is 16.5. The zero-order chi connectivity index (χ0) is 15.9. The number of nitrogens with one attached hydrogen (secondary N) is 1. The largest absolute Gasteiger partial charge is 0.507 e. The van der Waals surface area contributed by atoms with E-state index in [0.717, 1.165) is 5.56 Å². The van der Waals surface area contributed by atoms with Crippen LogP contribution in [-0.2, 0) is 0 Å². The van der Waals surface area contributed by atoms with Gasteiger partial charge >= 0.3 is 0 Å². The first-order valence-corrected chi connectivity index (χ1v) is 7.89. The summed E-state index contributed by atoms with van der Waals surface area (Å²) in [7, 11) is 0. The minimum Gasteiger partial charge on any atom is -0.507 e. The third kappa shape index (κ3) is 4.82. The van der Waals surface area contributed by atoms with Gasteiger partial charge in [-0.1, -0.05) is 46.3 Å². The summed E-state index contributed by atoms with van der Waals surface area (Å²) in [5.74, 6) is -0.593. The molecule has 0 aliphatic heterocycles. The van der Waals surface area contributed by atoms with Crippen LogP contribution in [0, 0.1) is 0 Å². The maximum Gasteiger partial charge on any atom is 0.275 e. The highest BCUT2D eigenvalue weighted by Gasteiger charge is 2.10. The molecule has 0 saturated carbocycles. The number of hydrazone groups is 1. The van der Waals surface area contributed by atoms with E-state index in [1.54, 1.807) is 6.07 Å². The van der Waals surface area contributed by atoms with Crippen LogP contribution < -0.4 is 5.43 Å². The summed E-state index contributed by atoms with van der Waals surface area (Å²) in [5, 5.41) is 13.5. The lowest BCUT2D eigenvalue weighted by Crippen LogP contribution is -2.17.